The molecule has 1 aromatic heterocycles. The van der Waals surface area contributed by atoms with E-state index in [1.165, 1.54) is 4.57 Å². The van der Waals surface area contributed by atoms with Gasteiger partial charge in [0.05, 0.1) is 17.9 Å². The third-order valence-corrected chi connectivity index (χ3v) is 5.02. The number of aromatic amines is 1. The zero-order valence-electron chi connectivity index (χ0n) is 14.8. The van der Waals surface area contributed by atoms with Crippen LogP contribution in [0.15, 0.2) is 75.2 Å². The first-order chi connectivity index (χ1) is 13.1. The van der Waals surface area contributed by atoms with Crippen molar-refractivity contribution in [3.8, 4) is 5.69 Å². The van der Waals surface area contributed by atoms with Crippen molar-refractivity contribution in [1.82, 2.24) is 9.55 Å². The Bertz CT molecular complexity index is 1110. The zero-order chi connectivity index (χ0) is 19.0. The van der Waals surface area contributed by atoms with Gasteiger partial charge in [0.15, 0.2) is 5.82 Å². The summed E-state index contributed by atoms with van der Waals surface area (Å²) >= 11 is 0. The number of para-hydroxylation sites is 1. The third kappa shape index (κ3) is 2.84. The van der Waals surface area contributed by atoms with Crippen LogP contribution >= 0.6 is 0 Å². The van der Waals surface area contributed by atoms with Gasteiger partial charge in [-0.2, -0.15) is 0 Å². The number of aliphatic imine (C=N–C) groups is 1. The first-order valence-electron chi connectivity index (χ1n) is 8.77. The Labute approximate surface area is 155 Å². The average molecular weight is 361 g/mol. The molecule has 0 saturated heterocycles. The molecular formula is C21H19N3O3. The van der Waals surface area contributed by atoms with Gasteiger partial charge in [0.25, 0.3) is 5.56 Å². The predicted molar refractivity (Wildman–Crippen MR) is 104 cm³/mol. The SMILES string of the molecule is CC1=Nc2c(c(=O)[nH]c(=O)n2-c2ccccc2)C(c2ccccc2)C1CO. The second-order valence-corrected chi connectivity index (χ2v) is 6.60. The second-order valence-electron chi connectivity index (χ2n) is 6.60. The smallest absolute Gasteiger partial charge is 0.334 e. The average Bonchev–Trinajstić information content (AvgIpc) is 2.68. The van der Waals surface area contributed by atoms with Gasteiger partial charge in [0.2, 0.25) is 0 Å². The highest BCUT2D eigenvalue weighted by molar-refractivity contribution is 5.90. The highest BCUT2D eigenvalue weighted by Crippen LogP contribution is 2.40. The summed E-state index contributed by atoms with van der Waals surface area (Å²) in [5, 5.41) is 9.99. The molecule has 6 heteroatoms. The van der Waals surface area contributed by atoms with Crippen LogP contribution in [-0.4, -0.2) is 27.0 Å². The Kier molecular flexibility index (Phi) is 4.33. The van der Waals surface area contributed by atoms with Crippen molar-refractivity contribution in [2.75, 3.05) is 6.61 Å². The van der Waals surface area contributed by atoms with E-state index in [9.17, 15) is 14.7 Å². The molecule has 1 aliphatic rings. The lowest BCUT2D eigenvalue weighted by atomic mass is 9.77. The predicted octanol–water partition coefficient (Wildman–Crippen LogP) is 2.37. The molecule has 2 aromatic carbocycles. The van der Waals surface area contributed by atoms with E-state index in [2.05, 4.69) is 9.98 Å². The van der Waals surface area contributed by atoms with Gasteiger partial charge >= 0.3 is 5.69 Å². The first-order valence-corrected chi connectivity index (χ1v) is 8.77. The number of fused-ring (bicyclic) bond motifs is 1. The lowest BCUT2D eigenvalue weighted by Crippen LogP contribution is -2.38. The Balaban J connectivity index is 2.07. The standard InChI is InChI=1S/C21H19N3O3/c1-13-16(12-25)17(14-8-4-2-5-9-14)18-19(22-13)24(21(27)23-20(18)26)15-10-6-3-7-11-15/h2-11,16-17,25H,12H2,1H3,(H,23,26,27). The summed E-state index contributed by atoms with van der Waals surface area (Å²) in [6, 6.07) is 18.6. The summed E-state index contributed by atoms with van der Waals surface area (Å²) in [5.74, 6) is -0.392. The molecule has 1 aliphatic heterocycles. The van der Waals surface area contributed by atoms with Crippen LogP contribution in [0.1, 0.15) is 24.0 Å². The number of aliphatic hydroxyl groups is 1. The topological polar surface area (TPSA) is 87.5 Å². The van der Waals surface area contributed by atoms with Crippen molar-refractivity contribution in [1.29, 1.82) is 0 Å². The molecule has 2 atom stereocenters. The van der Waals surface area contributed by atoms with Crippen LogP contribution in [0.3, 0.4) is 0 Å². The second kappa shape index (κ2) is 6.81. The fraction of sp³-hybridized carbons (Fsp3) is 0.190. The first kappa shape index (κ1) is 17.2. The minimum absolute atomic E-state index is 0.141. The van der Waals surface area contributed by atoms with Crippen molar-refractivity contribution in [3.05, 3.63) is 92.6 Å². The Morgan fingerprint density at radius 2 is 1.67 bits per heavy atom. The highest BCUT2D eigenvalue weighted by Gasteiger charge is 2.36. The third-order valence-electron chi connectivity index (χ3n) is 5.02. The number of hydrogen-bond donors (Lipinski definition) is 2. The van der Waals surface area contributed by atoms with Crippen LogP contribution in [0.25, 0.3) is 5.69 Å². The van der Waals surface area contributed by atoms with Gasteiger partial charge in [-0.15, -0.1) is 0 Å². The number of benzene rings is 2. The highest BCUT2D eigenvalue weighted by atomic mass is 16.3. The lowest BCUT2D eigenvalue weighted by Gasteiger charge is -2.31. The molecular weight excluding hydrogens is 342 g/mol. The van der Waals surface area contributed by atoms with E-state index in [0.717, 1.165) is 5.56 Å². The van der Waals surface area contributed by atoms with Crippen molar-refractivity contribution >= 4 is 11.5 Å². The van der Waals surface area contributed by atoms with Crippen LogP contribution < -0.4 is 11.2 Å². The van der Waals surface area contributed by atoms with Crippen LogP contribution in [-0.2, 0) is 0 Å². The molecule has 0 spiro atoms. The van der Waals surface area contributed by atoms with Gasteiger partial charge < -0.3 is 5.11 Å². The summed E-state index contributed by atoms with van der Waals surface area (Å²) in [5.41, 5.74) is 1.61. The maximum Gasteiger partial charge on any atom is 0.334 e. The molecule has 2 heterocycles. The summed E-state index contributed by atoms with van der Waals surface area (Å²) in [7, 11) is 0. The fourth-order valence-electron chi connectivity index (χ4n) is 3.73. The minimum atomic E-state index is -0.532. The molecule has 0 radical (unpaired) electrons. The molecule has 0 saturated carbocycles. The number of H-pyrrole nitrogens is 1. The molecule has 4 rings (SSSR count). The zero-order valence-corrected chi connectivity index (χ0v) is 14.8. The largest absolute Gasteiger partial charge is 0.396 e. The van der Waals surface area contributed by atoms with Gasteiger partial charge in [-0.05, 0) is 24.6 Å². The van der Waals surface area contributed by atoms with Gasteiger partial charge in [0.1, 0.15) is 0 Å². The van der Waals surface area contributed by atoms with Crippen molar-refractivity contribution < 1.29 is 5.11 Å². The molecule has 2 unspecified atom stereocenters. The quantitative estimate of drug-likeness (QED) is 0.751. The van der Waals surface area contributed by atoms with Gasteiger partial charge in [0, 0.05) is 17.5 Å². The van der Waals surface area contributed by atoms with E-state index in [0.29, 0.717) is 22.8 Å². The van der Waals surface area contributed by atoms with Gasteiger partial charge in [-0.3, -0.25) is 9.78 Å². The lowest BCUT2D eigenvalue weighted by molar-refractivity contribution is 0.249. The Hall–Kier alpha value is -3.25. The van der Waals surface area contributed by atoms with Crippen molar-refractivity contribution in [3.63, 3.8) is 0 Å². The number of aliphatic hydroxyl groups excluding tert-OH is 1. The van der Waals surface area contributed by atoms with Crippen LogP contribution in [0, 0.1) is 5.92 Å². The molecule has 3 aromatic rings. The maximum absolute atomic E-state index is 12.8. The molecule has 0 amide bonds. The number of rotatable bonds is 3. The molecule has 0 fully saturated rings. The molecule has 6 nitrogen and oxygen atoms in total. The molecule has 0 aliphatic carbocycles. The van der Waals surface area contributed by atoms with Crippen molar-refractivity contribution in [2.24, 2.45) is 10.9 Å². The summed E-state index contributed by atoms with van der Waals surface area (Å²) in [6.07, 6.45) is 0. The monoisotopic (exact) mass is 361 g/mol. The van der Waals surface area contributed by atoms with E-state index in [4.69, 9.17) is 0 Å². The van der Waals surface area contributed by atoms with Crippen molar-refractivity contribution in [2.45, 2.75) is 12.8 Å². The van der Waals surface area contributed by atoms with E-state index < -0.39 is 11.2 Å². The van der Waals surface area contributed by atoms with E-state index in [-0.39, 0.29) is 18.4 Å². The summed E-state index contributed by atoms with van der Waals surface area (Å²) < 4.78 is 1.42. The number of nitrogens with one attached hydrogen (secondary N) is 1. The van der Waals surface area contributed by atoms with E-state index in [1.807, 2.05) is 55.5 Å². The fourth-order valence-corrected chi connectivity index (χ4v) is 3.73. The van der Waals surface area contributed by atoms with Crippen LogP contribution in [0.2, 0.25) is 0 Å². The Morgan fingerprint density at radius 3 is 2.30 bits per heavy atom. The Morgan fingerprint density at radius 1 is 1.04 bits per heavy atom. The molecule has 27 heavy (non-hydrogen) atoms. The van der Waals surface area contributed by atoms with E-state index >= 15 is 0 Å². The number of nitrogens with zero attached hydrogens (tertiary/aromatic N) is 2. The van der Waals surface area contributed by atoms with Gasteiger partial charge in [-0.25, -0.2) is 14.4 Å². The van der Waals surface area contributed by atoms with Crippen LogP contribution in [0.4, 0.5) is 5.82 Å². The summed E-state index contributed by atoms with van der Waals surface area (Å²) in [6.45, 7) is 1.68. The summed E-state index contributed by atoms with van der Waals surface area (Å²) in [4.78, 5) is 32.4. The van der Waals surface area contributed by atoms with Crippen LogP contribution in [0.5, 0.6) is 0 Å². The minimum Gasteiger partial charge on any atom is -0.396 e. The molecule has 136 valence electrons. The molecule has 2 N–H and O–H groups in total. The van der Waals surface area contributed by atoms with Gasteiger partial charge in [-0.1, -0.05) is 48.5 Å². The number of hydrogen-bond acceptors (Lipinski definition) is 4. The maximum atomic E-state index is 12.8. The van der Waals surface area contributed by atoms with E-state index in [1.54, 1.807) is 12.1 Å². The normalized spacial score (nSPS) is 18.7. The molecule has 0 bridgehead atoms. The number of aromatic nitrogens is 2.